The Morgan fingerprint density at radius 1 is 1.53 bits per heavy atom. The summed E-state index contributed by atoms with van der Waals surface area (Å²) in [6.45, 7) is 4.85. The summed E-state index contributed by atoms with van der Waals surface area (Å²) >= 11 is 0. The van der Waals surface area contributed by atoms with Gasteiger partial charge >= 0.3 is 0 Å². The molecule has 3 unspecified atom stereocenters. The van der Waals surface area contributed by atoms with Crippen molar-refractivity contribution in [3.05, 3.63) is 0 Å². The number of hydrogen-bond acceptors (Lipinski definition) is 4. The van der Waals surface area contributed by atoms with E-state index in [1.165, 1.54) is 12.8 Å². The van der Waals surface area contributed by atoms with E-state index < -0.39 is 0 Å². The van der Waals surface area contributed by atoms with E-state index >= 15 is 0 Å². The molecule has 17 heavy (non-hydrogen) atoms. The van der Waals surface area contributed by atoms with E-state index in [1.54, 1.807) is 0 Å². The van der Waals surface area contributed by atoms with E-state index in [0.717, 1.165) is 19.4 Å². The van der Waals surface area contributed by atoms with Crippen LogP contribution in [0.2, 0.25) is 0 Å². The number of nitrogens with one attached hydrogen (secondary N) is 1. The van der Waals surface area contributed by atoms with Crippen LogP contribution >= 0.6 is 0 Å². The fourth-order valence-electron chi connectivity index (χ4n) is 2.69. The average Bonchev–Trinajstić information content (AvgIpc) is 2.89. The van der Waals surface area contributed by atoms with Crippen molar-refractivity contribution in [2.24, 2.45) is 16.3 Å². The molecule has 4 N–H and O–H groups in total. The zero-order valence-corrected chi connectivity index (χ0v) is 10.6. The number of nitrogens with zero attached hydrogens (tertiary/aromatic N) is 1. The van der Waals surface area contributed by atoms with Crippen molar-refractivity contribution in [3.8, 4) is 0 Å². The first kappa shape index (κ1) is 12.6. The molecule has 5 heteroatoms. The van der Waals surface area contributed by atoms with Crippen LogP contribution in [0.3, 0.4) is 0 Å². The largest absolute Gasteiger partial charge is 0.409 e. The van der Waals surface area contributed by atoms with Crippen molar-refractivity contribution in [2.75, 3.05) is 6.54 Å². The van der Waals surface area contributed by atoms with Crippen molar-refractivity contribution in [1.29, 1.82) is 0 Å². The van der Waals surface area contributed by atoms with Crippen LogP contribution in [0.1, 0.15) is 39.5 Å². The van der Waals surface area contributed by atoms with Gasteiger partial charge in [0, 0.05) is 11.5 Å². The average molecular weight is 241 g/mol. The molecular weight excluding hydrogens is 218 g/mol. The summed E-state index contributed by atoms with van der Waals surface area (Å²) in [5.74, 6) is 0.295. The minimum Gasteiger partial charge on any atom is -0.409 e. The van der Waals surface area contributed by atoms with E-state index in [-0.39, 0.29) is 5.41 Å². The highest BCUT2D eigenvalue weighted by atomic mass is 16.5. The normalized spacial score (nSPS) is 33.3. The van der Waals surface area contributed by atoms with Gasteiger partial charge in [-0.15, -0.1) is 0 Å². The smallest absolute Gasteiger partial charge is 0.144 e. The molecule has 2 fully saturated rings. The first-order chi connectivity index (χ1) is 8.03. The van der Waals surface area contributed by atoms with Crippen molar-refractivity contribution in [3.63, 3.8) is 0 Å². The highest BCUT2D eigenvalue weighted by Crippen LogP contribution is 2.34. The molecule has 2 saturated heterocycles. The number of nitrogens with two attached hydrogens (primary N) is 1. The van der Waals surface area contributed by atoms with E-state index in [2.05, 4.69) is 10.5 Å². The van der Waals surface area contributed by atoms with Gasteiger partial charge in [-0.25, -0.2) is 0 Å². The minimum atomic E-state index is -0.264. The molecule has 0 aromatic rings. The maximum Gasteiger partial charge on any atom is 0.144 e. The lowest BCUT2D eigenvalue weighted by atomic mass is 9.87. The van der Waals surface area contributed by atoms with Crippen molar-refractivity contribution in [1.82, 2.24) is 5.32 Å². The molecule has 0 aliphatic carbocycles. The second-order valence-corrected chi connectivity index (χ2v) is 5.79. The third-order valence-corrected chi connectivity index (χ3v) is 4.06. The topological polar surface area (TPSA) is 79.9 Å². The summed E-state index contributed by atoms with van der Waals surface area (Å²) in [4.78, 5) is 0. The molecule has 5 nitrogen and oxygen atoms in total. The molecule has 0 radical (unpaired) electrons. The van der Waals surface area contributed by atoms with Gasteiger partial charge in [0.25, 0.3) is 0 Å². The van der Waals surface area contributed by atoms with Crippen molar-refractivity contribution < 1.29 is 9.94 Å². The molecule has 2 rings (SSSR count). The molecule has 2 bridgehead atoms. The maximum atomic E-state index is 8.69. The molecule has 2 aliphatic rings. The molecule has 0 aromatic carbocycles. The molecule has 0 amide bonds. The molecule has 0 aromatic heterocycles. The second-order valence-electron chi connectivity index (χ2n) is 5.79. The monoisotopic (exact) mass is 241 g/mol. The molecule has 2 heterocycles. The van der Waals surface area contributed by atoms with Crippen LogP contribution in [0.25, 0.3) is 0 Å². The third kappa shape index (κ3) is 2.72. The van der Waals surface area contributed by atoms with E-state index in [9.17, 15) is 0 Å². The van der Waals surface area contributed by atoms with Gasteiger partial charge in [-0.3, -0.25) is 0 Å². The first-order valence-electron chi connectivity index (χ1n) is 6.40. The number of ether oxygens (including phenoxy) is 1. The summed E-state index contributed by atoms with van der Waals surface area (Å²) in [6, 6.07) is 0.497. The summed E-state index contributed by atoms with van der Waals surface area (Å²) in [5.41, 5.74) is 5.39. The number of hydrogen-bond donors (Lipinski definition) is 3. The molecule has 0 saturated carbocycles. The predicted octanol–water partition coefficient (Wildman–Crippen LogP) is 1.06. The highest BCUT2D eigenvalue weighted by molar-refractivity contribution is 5.85. The van der Waals surface area contributed by atoms with Crippen molar-refractivity contribution >= 4 is 5.84 Å². The Bertz CT molecular complexity index is 304. The first-order valence-corrected chi connectivity index (χ1v) is 6.40. The minimum absolute atomic E-state index is 0.264. The molecule has 2 aliphatic heterocycles. The molecule has 3 atom stereocenters. The Hall–Kier alpha value is -0.810. The molecular formula is C12H23N3O2. The SMILES string of the molecule is CC(C)(CCNC1CC2CCC1O2)C(N)=NO. The Morgan fingerprint density at radius 2 is 2.29 bits per heavy atom. The summed E-state index contributed by atoms with van der Waals surface area (Å²) in [6.07, 6.45) is 5.29. The zero-order chi connectivity index (χ0) is 12.5. The Kier molecular flexibility index (Phi) is 3.58. The fourth-order valence-corrected chi connectivity index (χ4v) is 2.69. The van der Waals surface area contributed by atoms with Gasteiger partial charge < -0.3 is 21.0 Å². The second kappa shape index (κ2) is 4.82. The van der Waals surface area contributed by atoms with Gasteiger partial charge in [-0.2, -0.15) is 0 Å². The summed E-state index contributed by atoms with van der Waals surface area (Å²) in [7, 11) is 0. The van der Waals surface area contributed by atoms with Crippen LogP contribution in [0.15, 0.2) is 5.16 Å². The van der Waals surface area contributed by atoms with Crippen LogP contribution in [0.4, 0.5) is 0 Å². The summed E-state index contributed by atoms with van der Waals surface area (Å²) in [5, 5.41) is 15.3. The molecule has 0 spiro atoms. The fraction of sp³-hybridized carbons (Fsp3) is 0.917. The lowest BCUT2D eigenvalue weighted by Crippen LogP contribution is -2.41. The van der Waals surface area contributed by atoms with Crippen LogP contribution in [0, 0.1) is 5.41 Å². The predicted molar refractivity (Wildman–Crippen MR) is 66.1 cm³/mol. The Morgan fingerprint density at radius 3 is 2.82 bits per heavy atom. The van der Waals surface area contributed by atoms with Crippen LogP contribution in [-0.4, -0.2) is 35.8 Å². The van der Waals surface area contributed by atoms with Gasteiger partial charge in [0.1, 0.15) is 5.84 Å². The number of rotatable bonds is 5. The van der Waals surface area contributed by atoms with Crippen LogP contribution in [-0.2, 0) is 4.74 Å². The van der Waals surface area contributed by atoms with Gasteiger partial charge in [0.2, 0.25) is 0 Å². The maximum absolute atomic E-state index is 8.69. The lowest BCUT2D eigenvalue weighted by Gasteiger charge is -2.25. The van der Waals surface area contributed by atoms with Gasteiger partial charge in [-0.1, -0.05) is 19.0 Å². The zero-order valence-electron chi connectivity index (χ0n) is 10.6. The number of amidine groups is 1. The Labute approximate surface area is 102 Å². The quantitative estimate of drug-likeness (QED) is 0.291. The van der Waals surface area contributed by atoms with Crippen molar-refractivity contribution in [2.45, 2.75) is 57.8 Å². The van der Waals surface area contributed by atoms with Crippen LogP contribution in [0.5, 0.6) is 0 Å². The Balaban J connectivity index is 1.73. The highest BCUT2D eigenvalue weighted by Gasteiger charge is 2.40. The van der Waals surface area contributed by atoms with E-state index in [1.807, 2.05) is 13.8 Å². The standard InChI is InChI=1S/C12H23N3O2/c1-12(2,11(13)15-16)5-6-14-9-7-8-3-4-10(9)17-8/h8-10,14,16H,3-7H2,1-2H3,(H2,13,15). The summed E-state index contributed by atoms with van der Waals surface area (Å²) < 4.78 is 5.79. The van der Waals surface area contributed by atoms with E-state index in [0.29, 0.717) is 24.1 Å². The van der Waals surface area contributed by atoms with Gasteiger partial charge in [0.15, 0.2) is 0 Å². The van der Waals surface area contributed by atoms with Crippen LogP contribution < -0.4 is 11.1 Å². The van der Waals surface area contributed by atoms with Gasteiger partial charge in [0.05, 0.1) is 12.2 Å². The molecule has 98 valence electrons. The van der Waals surface area contributed by atoms with Gasteiger partial charge in [-0.05, 0) is 32.2 Å². The number of fused-ring (bicyclic) bond motifs is 2. The lowest BCUT2D eigenvalue weighted by molar-refractivity contribution is 0.0972. The number of oxime groups is 1. The third-order valence-electron chi connectivity index (χ3n) is 4.06. The van der Waals surface area contributed by atoms with E-state index in [4.69, 9.17) is 15.7 Å².